The van der Waals surface area contributed by atoms with E-state index in [1.54, 1.807) is 0 Å². The third kappa shape index (κ3) is 5.44. The van der Waals surface area contributed by atoms with E-state index in [0.29, 0.717) is 10.8 Å². The molecule has 2 amide bonds. The highest BCUT2D eigenvalue weighted by atomic mass is 32.1. The summed E-state index contributed by atoms with van der Waals surface area (Å²) in [5.41, 5.74) is 1.80. The van der Waals surface area contributed by atoms with Gasteiger partial charge in [-0.3, -0.25) is 14.9 Å². The molecule has 0 saturated heterocycles. The molecule has 0 radical (unpaired) electrons. The Labute approximate surface area is 187 Å². The van der Waals surface area contributed by atoms with Crippen LogP contribution in [0.3, 0.4) is 0 Å². The number of nitrogens with one attached hydrogen (secondary N) is 2. The van der Waals surface area contributed by atoms with E-state index in [-0.39, 0.29) is 23.6 Å². The second-order valence-electron chi connectivity index (χ2n) is 7.38. The average Bonchev–Trinajstić information content (AvgIpc) is 3.13. The third-order valence-corrected chi connectivity index (χ3v) is 5.32. The minimum absolute atomic E-state index is 0.0828. The molecule has 2 N–H and O–H groups in total. The number of aryl methyl sites for hydroxylation is 1. The Morgan fingerprint density at radius 2 is 1.81 bits per heavy atom. The maximum absolute atomic E-state index is 13.8. The van der Waals surface area contributed by atoms with Gasteiger partial charge in [0.05, 0.1) is 0 Å². The first-order valence-electron chi connectivity index (χ1n) is 9.78. The zero-order chi connectivity index (χ0) is 23.4. The van der Waals surface area contributed by atoms with Crippen LogP contribution >= 0.6 is 11.3 Å². The molecule has 0 fully saturated rings. The molecule has 1 heterocycles. The molecular formula is C22H22F2N4O3S. The smallest absolute Gasteiger partial charge is 0.263 e. The van der Waals surface area contributed by atoms with Gasteiger partial charge < -0.3 is 10.1 Å². The van der Waals surface area contributed by atoms with Crippen LogP contribution < -0.4 is 15.4 Å². The van der Waals surface area contributed by atoms with Crippen molar-refractivity contribution < 1.29 is 23.1 Å². The van der Waals surface area contributed by atoms with Crippen molar-refractivity contribution in [1.82, 2.24) is 10.2 Å². The summed E-state index contributed by atoms with van der Waals surface area (Å²) in [5.74, 6) is -2.25. The van der Waals surface area contributed by atoms with Gasteiger partial charge >= 0.3 is 0 Å². The lowest BCUT2D eigenvalue weighted by Crippen LogP contribution is -2.15. The van der Waals surface area contributed by atoms with Crippen molar-refractivity contribution in [2.75, 3.05) is 10.6 Å². The molecular weight excluding hydrogens is 438 g/mol. The molecule has 0 spiro atoms. The van der Waals surface area contributed by atoms with Crippen molar-refractivity contribution >= 4 is 34.0 Å². The highest BCUT2D eigenvalue weighted by Gasteiger charge is 2.19. The summed E-state index contributed by atoms with van der Waals surface area (Å²) >= 11 is 1.03. The van der Waals surface area contributed by atoms with Crippen LogP contribution in [0.5, 0.6) is 5.75 Å². The van der Waals surface area contributed by atoms with Crippen LogP contribution in [0.25, 0.3) is 0 Å². The summed E-state index contributed by atoms with van der Waals surface area (Å²) in [7, 11) is 0. The summed E-state index contributed by atoms with van der Waals surface area (Å²) in [6, 6.07) is 6.90. The number of hydrogen-bond donors (Lipinski definition) is 2. The number of ether oxygens (including phenoxy) is 1. The molecule has 0 aliphatic heterocycles. The van der Waals surface area contributed by atoms with Crippen LogP contribution in [0, 0.1) is 18.6 Å². The maximum Gasteiger partial charge on any atom is 0.263 e. The molecule has 0 bridgehead atoms. The third-order valence-electron chi connectivity index (χ3n) is 4.51. The number of nitrogens with zero attached hydrogens (tertiary/aromatic N) is 2. The summed E-state index contributed by atoms with van der Waals surface area (Å²) < 4.78 is 33.4. The second-order valence-corrected chi connectivity index (χ2v) is 8.44. The maximum atomic E-state index is 13.8. The van der Waals surface area contributed by atoms with E-state index < -0.39 is 23.1 Å². The number of amides is 2. The van der Waals surface area contributed by atoms with Crippen molar-refractivity contribution in [1.29, 1.82) is 0 Å². The summed E-state index contributed by atoms with van der Waals surface area (Å²) in [6.45, 7) is 7.42. The Morgan fingerprint density at radius 1 is 1.12 bits per heavy atom. The van der Waals surface area contributed by atoms with Crippen LogP contribution in [0.2, 0.25) is 0 Å². The zero-order valence-corrected chi connectivity index (χ0v) is 18.8. The Morgan fingerprint density at radius 3 is 2.44 bits per heavy atom. The van der Waals surface area contributed by atoms with Crippen molar-refractivity contribution in [3.05, 3.63) is 63.7 Å². The fourth-order valence-corrected chi connectivity index (χ4v) is 3.66. The van der Waals surface area contributed by atoms with Crippen molar-refractivity contribution in [2.45, 2.75) is 40.2 Å². The largest absolute Gasteiger partial charge is 0.486 e. The molecule has 3 rings (SSSR count). The Bertz CT molecular complexity index is 1140. The number of anilines is 2. The molecule has 7 nitrogen and oxygen atoms in total. The number of benzene rings is 2. The number of carbonyl (C=O) groups is 2. The second kappa shape index (κ2) is 9.82. The summed E-state index contributed by atoms with van der Waals surface area (Å²) in [6.07, 6.45) is 0. The molecule has 0 aliphatic carbocycles. The van der Waals surface area contributed by atoms with Crippen LogP contribution in [0.15, 0.2) is 30.3 Å². The number of hydrogen-bond acceptors (Lipinski definition) is 6. The highest BCUT2D eigenvalue weighted by molar-refractivity contribution is 7.15. The number of rotatable bonds is 7. The highest BCUT2D eigenvalue weighted by Crippen LogP contribution is 2.32. The van der Waals surface area contributed by atoms with Crippen LogP contribution in [-0.4, -0.2) is 22.0 Å². The van der Waals surface area contributed by atoms with Crippen LogP contribution in [0.1, 0.15) is 53.2 Å². The zero-order valence-electron chi connectivity index (χ0n) is 18.0. The molecule has 2 aromatic carbocycles. The van der Waals surface area contributed by atoms with Crippen LogP contribution in [-0.2, 0) is 11.4 Å². The van der Waals surface area contributed by atoms with Gasteiger partial charge in [0, 0.05) is 12.6 Å². The Hall–Kier alpha value is -3.40. The molecule has 10 heteroatoms. The predicted octanol–water partition coefficient (Wildman–Crippen LogP) is 5.04. The quantitative estimate of drug-likeness (QED) is 0.515. The molecule has 0 unspecified atom stereocenters. The van der Waals surface area contributed by atoms with E-state index in [9.17, 15) is 18.4 Å². The molecule has 32 heavy (non-hydrogen) atoms. The topological polar surface area (TPSA) is 93.2 Å². The minimum atomic E-state index is -0.963. The first kappa shape index (κ1) is 23.3. The summed E-state index contributed by atoms with van der Waals surface area (Å²) in [5, 5.41) is 13.5. The molecule has 3 aromatic rings. The lowest BCUT2D eigenvalue weighted by atomic mass is 9.98. The van der Waals surface area contributed by atoms with Crippen molar-refractivity contribution in [2.24, 2.45) is 0 Å². The van der Waals surface area contributed by atoms with Gasteiger partial charge in [0.25, 0.3) is 5.91 Å². The number of aromatic nitrogens is 2. The minimum Gasteiger partial charge on any atom is -0.486 e. The monoisotopic (exact) mass is 460 g/mol. The van der Waals surface area contributed by atoms with E-state index >= 15 is 0 Å². The van der Waals surface area contributed by atoms with E-state index in [2.05, 4.69) is 20.8 Å². The van der Waals surface area contributed by atoms with Gasteiger partial charge in [-0.2, -0.15) is 0 Å². The molecule has 0 atom stereocenters. The molecule has 0 saturated carbocycles. The van der Waals surface area contributed by atoms with Gasteiger partial charge in [-0.25, -0.2) is 8.78 Å². The Balaban J connectivity index is 1.70. The lowest BCUT2D eigenvalue weighted by molar-refractivity contribution is -0.114. The lowest BCUT2D eigenvalue weighted by Gasteiger charge is -2.17. The van der Waals surface area contributed by atoms with Gasteiger partial charge in [0.15, 0.2) is 5.01 Å². The van der Waals surface area contributed by atoms with E-state index in [4.69, 9.17) is 4.74 Å². The first-order chi connectivity index (χ1) is 15.2. The average molecular weight is 461 g/mol. The Kier molecular flexibility index (Phi) is 7.14. The van der Waals surface area contributed by atoms with Gasteiger partial charge in [-0.15, -0.1) is 10.2 Å². The van der Waals surface area contributed by atoms with Crippen molar-refractivity contribution in [3.8, 4) is 5.75 Å². The predicted molar refractivity (Wildman–Crippen MR) is 118 cm³/mol. The summed E-state index contributed by atoms with van der Waals surface area (Å²) in [4.78, 5) is 23.7. The fourth-order valence-electron chi connectivity index (χ4n) is 3.01. The molecule has 168 valence electrons. The van der Waals surface area contributed by atoms with E-state index in [0.717, 1.165) is 40.3 Å². The number of halogens is 2. The van der Waals surface area contributed by atoms with E-state index in [1.165, 1.54) is 13.0 Å². The van der Waals surface area contributed by atoms with Gasteiger partial charge in [-0.05, 0) is 48.2 Å². The van der Waals surface area contributed by atoms with Gasteiger partial charge in [0.2, 0.25) is 11.0 Å². The first-order valence-corrected chi connectivity index (χ1v) is 10.6. The normalized spacial score (nSPS) is 10.8. The fraction of sp³-hybridized carbons (Fsp3) is 0.273. The van der Waals surface area contributed by atoms with Crippen LogP contribution in [0.4, 0.5) is 19.6 Å². The van der Waals surface area contributed by atoms with Gasteiger partial charge in [-0.1, -0.05) is 31.3 Å². The molecule has 1 aromatic heterocycles. The SMILES string of the molecule is CC(=O)Nc1cc(C)c(OCc2nnc(NC(=O)c3c(F)cccc3F)s2)cc1C(C)C. The van der Waals surface area contributed by atoms with Crippen molar-refractivity contribution in [3.63, 3.8) is 0 Å². The van der Waals surface area contributed by atoms with E-state index in [1.807, 2.05) is 32.9 Å². The van der Waals surface area contributed by atoms with Gasteiger partial charge in [0.1, 0.15) is 29.6 Å². The standard InChI is InChI=1S/C22H22F2N4O3S/c1-11(2)14-9-18(12(3)8-17(14)25-13(4)29)31-10-19-27-28-22(32-19)26-21(30)20-15(23)6-5-7-16(20)24/h5-9,11H,10H2,1-4H3,(H,25,29)(H,26,28,30). The number of carbonyl (C=O) groups excluding carboxylic acids is 2. The molecule has 0 aliphatic rings.